The van der Waals surface area contributed by atoms with Gasteiger partial charge in [0.25, 0.3) is 0 Å². The minimum absolute atomic E-state index is 0.294. The van der Waals surface area contributed by atoms with Crippen LogP contribution in [0, 0.1) is 6.92 Å². The van der Waals surface area contributed by atoms with Crippen molar-refractivity contribution in [1.29, 1.82) is 0 Å². The SMILES string of the molecule is Cc1cc(C(=O)O)ccc1NCc1ccccc1N. The van der Waals surface area contributed by atoms with Gasteiger partial charge in [0.2, 0.25) is 0 Å². The van der Waals surface area contributed by atoms with E-state index in [-0.39, 0.29) is 0 Å². The molecule has 98 valence electrons. The summed E-state index contributed by atoms with van der Waals surface area (Å²) in [7, 11) is 0. The summed E-state index contributed by atoms with van der Waals surface area (Å²) in [4.78, 5) is 10.9. The number of carboxylic acids is 1. The van der Waals surface area contributed by atoms with Gasteiger partial charge in [0, 0.05) is 17.9 Å². The molecule has 0 atom stereocenters. The van der Waals surface area contributed by atoms with E-state index in [0.29, 0.717) is 12.1 Å². The fraction of sp³-hybridized carbons (Fsp3) is 0.133. The Morgan fingerprint density at radius 1 is 1.26 bits per heavy atom. The highest BCUT2D eigenvalue weighted by Gasteiger charge is 2.06. The van der Waals surface area contributed by atoms with Crippen LogP contribution in [0.5, 0.6) is 0 Å². The molecular formula is C15H16N2O2. The lowest BCUT2D eigenvalue weighted by atomic mass is 10.1. The molecule has 2 rings (SSSR count). The number of nitrogens with one attached hydrogen (secondary N) is 1. The van der Waals surface area contributed by atoms with Crippen molar-refractivity contribution in [2.75, 3.05) is 11.1 Å². The predicted molar refractivity (Wildman–Crippen MR) is 76.3 cm³/mol. The fourth-order valence-electron chi connectivity index (χ4n) is 1.88. The molecule has 4 heteroatoms. The highest BCUT2D eigenvalue weighted by molar-refractivity contribution is 5.88. The van der Waals surface area contributed by atoms with E-state index in [2.05, 4.69) is 5.32 Å². The van der Waals surface area contributed by atoms with E-state index in [1.54, 1.807) is 18.2 Å². The van der Waals surface area contributed by atoms with Gasteiger partial charge in [-0.05, 0) is 42.3 Å². The largest absolute Gasteiger partial charge is 0.478 e. The fourth-order valence-corrected chi connectivity index (χ4v) is 1.88. The molecule has 0 radical (unpaired) electrons. The van der Waals surface area contributed by atoms with E-state index in [9.17, 15) is 4.79 Å². The van der Waals surface area contributed by atoms with Crippen molar-refractivity contribution >= 4 is 17.3 Å². The maximum absolute atomic E-state index is 10.9. The second-order valence-electron chi connectivity index (χ2n) is 4.39. The molecule has 0 aliphatic rings. The molecule has 0 aliphatic carbocycles. The summed E-state index contributed by atoms with van der Waals surface area (Å²) in [6.07, 6.45) is 0. The molecule has 2 aromatic rings. The first-order chi connectivity index (χ1) is 9.08. The number of rotatable bonds is 4. The van der Waals surface area contributed by atoms with Crippen molar-refractivity contribution < 1.29 is 9.90 Å². The Hall–Kier alpha value is -2.49. The van der Waals surface area contributed by atoms with Crippen LogP contribution in [-0.2, 0) is 6.54 Å². The highest BCUT2D eigenvalue weighted by Crippen LogP contribution is 2.19. The second kappa shape index (κ2) is 5.44. The molecule has 4 nitrogen and oxygen atoms in total. The Balaban J connectivity index is 2.12. The number of carboxylic acid groups (broad SMARTS) is 1. The monoisotopic (exact) mass is 256 g/mol. The van der Waals surface area contributed by atoms with Gasteiger partial charge < -0.3 is 16.2 Å². The van der Waals surface area contributed by atoms with E-state index >= 15 is 0 Å². The first kappa shape index (κ1) is 13.0. The van der Waals surface area contributed by atoms with Crippen molar-refractivity contribution in [3.8, 4) is 0 Å². The zero-order chi connectivity index (χ0) is 13.8. The molecule has 4 N–H and O–H groups in total. The van der Waals surface area contributed by atoms with Gasteiger partial charge in [0.05, 0.1) is 5.56 Å². The van der Waals surface area contributed by atoms with E-state index < -0.39 is 5.97 Å². The lowest BCUT2D eigenvalue weighted by molar-refractivity contribution is 0.0697. The predicted octanol–water partition coefficient (Wildman–Crippen LogP) is 2.89. The highest BCUT2D eigenvalue weighted by atomic mass is 16.4. The number of anilines is 2. The Morgan fingerprint density at radius 2 is 2.00 bits per heavy atom. The Morgan fingerprint density at radius 3 is 2.63 bits per heavy atom. The van der Waals surface area contributed by atoms with E-state index in [4.69, 9.17) is 10.8 Å². The third-order valence-corrected chi connectivity index (χ3v) is 3.00. The van der Waals surface area contributed by atoms with Crippen LogP contribution in [0.1, 0.15) is 21.5 Å². The number of para-hydroxylation sites is 1. The minimum atomic E-state index is -0.915. The quantitative estimate of drug-likeness (QED) is 0.735. The summed E-state index contributed by atoms with van der Waals surface area (Å²) in [6.45, 7) is 2.49. The van der Waals surface area contributed by atoms with Crippen LogP contribution in [0.3, 0.4) is 0 Å². The molecule has 19 heavy (non-hydrogen) atoms. The summed E-state index contributed by atoms with van der Waals surface area (Å²) in [5.74, 6) is -0.915. The Labute approximate surface area is 111 Å². The van der Waals surface area contributed by atoms with Crippen molar-refractivity contribution in [3.63, 3.8) is 0 Å². The molecule has 0 spiro atoms. The maximum Gasteiger partial charge on any atom is 0.335 e. The summed E-state index contributed by atoms with van der Waals surface area (Å²) in [5, 5.41) is 12.2. The number of carbonyl (C=O) groups is 1. The number of aryl methyl sites for hydroxylation is 1. The molecular weight excluding hydrogens is 240 g/mol. The maximum atomic E-state index is 10.9. The Bertz CT molecular complexity index is 609. The molecule has 0 aliphatic heterocycles. The number of nitrogens with two attached hydrogens (primary N) is 1. The minimum Gasteiger partial charge on any atom is -0.478 e. The molecule has 0 amide bonds. The van der Waals surface area contributed by atoms with E-state index in [0.717, 1.165) is 22.5 Å². The summed E-state index contributed by atoms with van der Waals surface area (Å²) in [6, 6.07) is 12.7. The van der Waals surface area contributed by atoms with Crippen molar-refractivity contribution in [2.45, 2.75) is 13.5 Å². The van der Waals surface area contributed by atoms with Gasteiger partial charge in [-0.1, -0.05) is 18.2 Å². The third-order valence-electron chi connectivity index (χ3n) is 3.00. The number of benzene rings is 2. The summed E-state index contributed by atoms with van der Waals surface area (Å²) in [5.41, 5.74) is 9.73. The van der Waals surface area contributed by atoms with Gasteiger partial charge in [-0.15, -0.1) is 0 Å². The zero-order valence-corrected chi connectivity index (χ0v) is 10.7. The normalized spacial score (nSPS) is 10.2. The number of nitrogen functional groups attached to an aromatic ring is 1. The zero-order valence-electron chi connectivity index (χ0n) is 10.7. The standard InChI is InChI=1S/C15H16N2O2/c1-10-8-11(15(18)19)6-7-14(10)17-9-12-4-2-3-5-13(12)16/h2-8,17H,9,16H2,1H3,(H,18,19). The number of aromatic carboxylic acids is 1. The average Bonchev–Trinajstić information content (AvgIpc) is 2.39. The third kappa shape index (κ3) is 3.04. The number of hydrogen-bond acceptors (Lipinski definition) is 3. The van der Waals surface area contributed by atoms with Crippen LogP contribution >= 0.6 is 0 Å². The van der Waals surface area contributed by atoms with Gasteiger partial charge >= 0.3 is 5.97 Å². The van der Waals surface area contributed by atoms with Crippen LogP contribution in [0.4, 0.5) is 11.4 Å². The second-order valence-corrected chi connectivity index (χ2v) is 4.39. The van der Waals surface area contributed by atoms with Gasteiger partial charge in [0.1, 0.15) is 0 Å². The van der Waals surface area contributed by atoms with Crippen LogP contribution in [0.15, 0.2) is 42.5 Å². The van der Waals surface area contributed by atoms with Gasteiger partial charge in [0.15, 0.2) is 0 Å². The van der Waals surface area contributed by atoms with E-state index in [1.807, 2.05) is 31.2 Å². The van der Waals surface area contributed by atoms with Crippen molar-refractivity contribution in [1.82, 2.24) is 0 Å². The lowest BCUT2D eigenvalue weighted by Gasteiger charge is -2.11. The van der Waals surface area contributed by atoms with Crippen LogP contribution in [0.2, 0.25) is 0 Å². The topological polar surface area (TPSA) is 75.3 Å². The number of hydrogen-bond donors (Lipinski definition) is 3. The van der Waals surface area contributed by atoms with E-state index in [1.165, 1.54) is 0 Å². The first-order valence-corrected chi connectivity index (χ1v) is 5.99. The average molecular weight is 256 g/mol. The van der Waals surface area contributed by atoms with Crippen molar-refractivity contribution in [3.05, 3.63) is 59.2 Å². The lowest BCUT2D eigenvalue weighted by Crippen LogP contribution is -2.05. The molecule has 0 saturated carbocycles. The Kier molecular flexibility index (Phi) is 3.71. The molecule has 2 aromatic carbocycles. The van der Waals surface area contributed by atoms with Crippen LogP contribution in [0.25, 0.3) is 0 Å². The smallest absolute Gasteiger partial charge is 0.335 e. The summed E-state index contributed by atoms with van der Waals surface area (Å²) < 4.78 is 0. The van der Waals surface area contributed by atoms with Gasteiger partial charge in [-0.3, -0.25) is 0 Å². The van der Waals surface area contributed by atoms with Crippen LogP contribution in [-0.4, -0.2) is 11.1 Å². The molecule has 0 aromatic heterocycles. The summed E-state index contributed by atoms with van der Waals surface area (Å²) >= 11 is 0. The molecule has 0 saturated heterocycles. The van der Waals surface area contributed by atoms with Crippen LogP contribution < -0.4 is 11.1 Å². The first-order valence-electron chi connectivity index (χ1n) is 5.99. The molecule has 0 unspecified atom stereocenters. The molecule has 0 fully saturated rings. The molecule has 0 bridgehead atoms. The van der Waals surface area contributed by atoms with Gasteiger partial charge in [-0.25, -0.2) is 4.79 Å². The van der Waals surface area contributed by atoms with Crippen molar-refractivity contribution in [2.24, 2.45) is 0 Å². The van der Waals surface area contributed by atoms with Gasteiger partial charge in [-0.2, -0.15) is 0 Å². The molecule has 0 heterocycles.